The average molecular weight is 237 g/mol. The van der Waals surface area contributed by atoms with Crippen LogP contribution in [0.5, 0.6) is 0 Å². The second-order valence-corrected chi connectivity index (χ2v) is 3.37. The number of pyridine rings is 1. The van der Waals surface area contributed by atoms with Crippen molar-refractivity contribution in [2.45, 2.75) is 0 Å². The van der Waals surface area contributed by atoms with Crippen LogP contribution in [0.1, 0.15) is 11.4 Å². The van der Waals surface area contributed by atoms with Crippen molar-refractivity contribution in [3.63, 3.8) is 0 Å². The van der Waals surface area contributed by atoms with Crippen LogP contribution in [0.25, 0.3) is 0 Å². The van der Waals surface area contributed by atoms with Crippen LogP contribution in [0.15, 0.2) is 18.6 Å². The van der Waals surface area contributed by atoms with Crippen LogP contribution in [0.2, 0.25) is 5.15 Å². The molecule has 0 aliphatic heterocycles. The maximum Gasteiger partial charge on any atom is 0.225 e. The van der Waals surface area contributed by atoms with Crippen LogP contribution < -0.4 is 0 Å². The first kappa shape index (κ1) is 10.6. The molecule has 0 fully saturated rings. The molecule has 80 valence electrons. The van der Waals surface area contributed by atoms with Crippen molar-refractivity contribution >= 4 is 11.6 Å². The monoisotopic (exact) mass is 236 g/mol. The highest BCUT2D eigenvalue weighted by Gasteiger charge is 2.00. The van der Waals surface area contributed by atoms with Crippen molar-refractivity contribution in [2.75, 3.05) is 0 Å². The molecule has 0 atom stereocenters. The summed E-state index contributed by atoms with van der Waals surface area (Å²) >= 11 is 5.51. The summed E-state index contributed by atoms with van der Waals surface area (Å²) in [5.74, 6) is 5.03. The molecule has 0 radical (unpaired) electrons. The van der Waals surface area contributed by atoms with Gasteiger partial charge in [0.15, 0.2) is 0 Å². The highest BCUT2D eigenvalue weighted by atomic mass is 35.5. The van der Waals surface area contributed by atoms with E-state index in [2.05, 4.69) is 26.9 Å². The van der Waals surface area contributed by atoms with Crippen molar-refractivity contribution in [2.24, 2.45) is 7.05 Å². The smallest absolute Gasteiger partial charge is 0.225 e. The summed E-state index contributed by atoms with van der Waals surface area (Å²) in [6.45, 7) is 0. The Labute approximate surface area is 96.1 Å². The van der Waals surface area contributed by atoms with E-state index in [1.54, 1.807) is 7.05 Å². The van der Waals surface area contributed by atoms with E-state index in [4.69, 9.17) is 11.6 Å². The molecule has 0 bridgehead atoms. The summed E-state index contributed by atoms with van der Waals surface area (Å²) in [5.41, 5.74) is 0.164. The first-order valence-corrected chi connectivity index (χ1v) is 4.71. The van der Waals surface area contributed by atoms with Gasteiger partial charge in [-0.2, -0.15) is 0 Å². The van der Waals surface area contributed by atoms with Crippen LogP contribution in [0, 0.1) is 17.7 Å². The Morgan fingerprint density at radius 2 is 2.19 bits per heavy atom. The van der Waals surface area contributed by atoms with Crippen molar-refractivity contribution in [3.05, 3.63) is 40.9 Å². The average Bonchev–Trinajstić information content (AvgIpc) is 2.63. The zero-order valence-corrected chi connectivity index (χ0v) is 9.03. The largest absolute Gasteiger partial charge is 0.255 e. The van der Waals surface area contributed by atoms with Crippen LogP contribution >= 0.6 is 11.6 Å². The number of aryl methyl sites for hydroxylation is 1. The summed E-state index contributed by atoms with van der Waals surface area (Å²) in [6, 6.07) is 1.11. The standard InChI is InChI=1S/C10H6ClFN4/c1-16-6-14-10(15-16)3-2-7-5-13-9(11)4-8(7)12/h4-6H,1H3. The zero-order valence-electron chi connectivity index (χ0n) is 8.28. The van der Waals surface area contributed by atoms with E-state index in [9.17, 15) is 4.39 Å². The van der Waals surface area contributed by atoms with E-state index >= 15 is 0 Å². The number of halogens is 2. The number of rotatable bonds is 0. The molecule has 2 heterocycles. The van der Waals surface area contributed by atoms with Crippen LogP contribution in [-0.2, 0) is 7.05 Å². The normalized spacial score (nSPS) is 9.69. The van der Waals surface area contributed by atoms with Gasteiger partial charge in [-0.25, -0.2) is 14.4 Å². The summed E-state index contributed by atoms with van der Waals surface area (Å²) in [4.78, 5) is 7.62. The Morgan fingerprint density at radius 1 is 1.38 bits per heavy atom. The lowest BCUT2D eigenvalue weighted by atomic mass is 10.3. The molecule has 2 aromatic heterocycles. The highest BCUT2D eigenvalue weighted by Crippen LogP contribution is 2.09. The minimum Gasteiger partial charge on any atom is -0.255 e. The summed E-state index contributed by atoms with van der Waals surface area (Å²) in [6.07, 6.45) is 2.79. The van der Waals surface area contributed by atoms with E-state index in [1.165, 1.54) is 17.2 Å². The van der Waals surface area contributed by atoms with Gasteiger partial charge in [0, 0.05) is 19.3 Å². The van der Waals surface area contributed by atoms with Gasteiger partial charge in [0.2, 0.25) is 5.82 Å². The summed E-state index contributed by atoms with van der Waals surface area (Å²) in [7, 11) is 1.72. The van der Waals surface area contributed by atoms with Gasteiger partial charge >= 0.3 is 0 Å². The maximum absolute atomic E-state index is 13.3. The fourth-order valence-corrected chi connectivity index (χ4v) is 1.16. The topological polar surface area (TPSA) is 43.6 Å². The van der Waals surface area contributed by atoms with Crippen LogP contribution in [0.3, 0.4) is 0 Å². The van der Waals surface area contributed by atoms with E-state index in [0.29, 0.717) is 5.82 Å². The van der Waals surface area contributed by atoms with Crippen LogP contribution in [-0.4, -0.2) is 19.7 Å². The second kappa shape index (κ2) is 4.29. The second-order valence-electron chi connectivity index (χ2n) is 2.98. The Hall–Kier alpha value is -1.93. The number of nitrogens with zero attached hydrogens (tertiary/aromatic N) is 4. The van der Waals surface area contributed by atoms with Gasteiger partial charge in [0.05, 0.1) is 5.56 Å². The molecular formula is C10H6ClFN4. The molecule has 0 aliphatic rings. The lowest BCUT2D eigenvalue weighted by Crippen LogP contribution is -1.89. The number of hydrogen-bond acceptors (Lipinski definition) is 3. The molecule has 0 unspecified atom stereocenters. The molecule has 4 nitrogen and oxygen atoms in total. The van der Waals surface area contributed by atoms with E-state index in [-0.39, 0.29) is 10.7 Å². The molecular weight excluding hydrogens is 231 g/mol. The third-order valence-corrected chi connectivity index (χ3v) is 1.94. The molecule has 2 rings (SSSR count). The summed E-state index contributed by atoms with van der Waals surface area (Å²) < 4.78 is 14.8. The van der Waals surface area contributed by atoms with Gasteiger partial charge in [-0.15, -0.1) is 5.10 Å². The molecule has 0 spiro atoms. The van der Waals surface area contributed by atoms with Gasteiger partial charge in [-0.1, -0.05) is 17.5 Å². The van der Waals surface area contributed by atoms with E-state index in [0.717, 1.165) is 6.07 Å². The van der Waals surface area contributed by atoms with Gasteiger partial charge in [0.25, 0.3) is 0 Å². The first-order valence-electron chi connectivity index (χ1n) is 4.34. The predicted molar refractivity (Wildman–Crippen MR) is 56.2 cm³/mol. The van der Waals surface area contributed by atoms with E-state index < -0.39 is 5.82 Å². The van der Waals surface area contributed by atoms with Crippen molar-refractivity contribution < 1.29 is 4.39 Å². The van der Waals surface area contributed by atoms with Crippen molar-refractivity contribution in [3.8, 4) is 11.8 Å². The molecule has 0 aliphatic carbocycles. The third kappa shape index (κ3) is 2.35. The van der Waals surface area contributed by atoms with Crippen LogP contribution in [0.4, 0.5) is 4.39 Å². The fraction of sp³-hybridized carbons (Fsp3) is 0.100. The van der Waals surface area contributed by atoms with E-state index in [1.807, 2.05) is 0 Å². The van der Waals surface area contributed by atoms with Gasteiger partial charge in [-0.05, 0) is 5.92 Å². The quantitative estimate of drug-likeness (QED) is 0.513. The van der Waals surface area contributed by atoms with Crippen molar-refractivity contribution in [1.82, 2.24) is 19.7 Å². The molecule has 0 amide bonds. The molecule has 0 aromatic carbocycles. The fourth-order valence-electron chi connectivity index (χ4n) is 1.02. The summed E-state index contributed by atoms with van der Waals surface area (Å²) in [5, 5.41) is 4.03. The molecule has 6 heteroatoms. The maximum atomic E-state index is 13.3. The highest BCUT2D eigenvalue weighted by molar-refractivity contribution is 6.29. The minimum absolute atomic E-state index is 0.0963. The third-order valence-electron chi connectivity index (χ3n) is 1.73. The molecule has 0 N–H and O–H groups in total. The predicted octanol–water partition coefficient (Wildman–Crippen LogP) is 1.40. The van der Waals surface area contributed by atoms with Gasteiger partial charge in [0.1, 0.15) is 17.3 Å². The Morgan fingerprint density at radius 3 is 2.81 bits per heavy atom. The Kier molecular flexibility index (Phi) is 2.84. The molecule has 2 aromatic rings. The molecule has 16 heavy (non-hydrogen) atoms. The number of aromatic nitrogens is 4. The van der Waals surface area contributed by atoms with Crippen molar-refractivity contribution in [1.29, 1.82) is 0 Å². The Balaban J connectivity index is 2.30. The Bertz CT molecular complexity index is 582. The number of hydrogen-bond donors (Lipinski definition) is 0. The lowest BCUT2D eigenvalue weighted by molar-refractivity contribution is 0.622. The molecule has 0 saturated heterocycles. The minimum atomic E-state index is -0.511. The zero-order chi connectivity index (χ0) is 11.5. The molecule has 0 saturated carbocycles. The first-order chi connectivity index (χ1) is 7.65. The SMILES string of the molecule is Cn1cnc(C#Cc2cnc(Cl)cc2F)n1. The lowest BCUT2D eigenvalue weighted by Gasteiger charge is -1.92. The van der Waals surface area contributed by atoms with Gasteiger partial charge in [-0.3, -0.25) is 4.68 Å². The van der Waals surface area contributed by atoms with Gasteiger partial charge < -0.3 is 0 Å².